The van der Waals surface area contributed by atoms with Crippen molar-refractivity contribution in [1.82, 2.24) is 0 Å². The molecule has 0 heterocycles. The summed E-state index contributed by atoms with van der Waals surface area (Å²) in [6.07, 6.45) is 2.33. The van der Waals surface area contributed by atoms with Crippen LogP contribution in [0.3, 0.4) is 0 Å². The molecule has 0 aliphatic rings. The molecule has 1 unspecified atom stereocenters. The Hall–Kier alpha value is -1.44. The fourth-order valence-electron chi connectivity index (χ4n) is 2.47. The van der Waals surface area contributed by atoms with E-state index in [0.717, 1.165) is 11.5 Å². The highest BCUT2D eigenvalue weighted by atomic mass is 16.5. The van der Waals surface area contributed by atoms with Crippen molar-refractivity contribution in [3.63, 3.8) is 0 Å². The number of benzene rings is 1. The van der Waals surface area contributed by atoms with Crippen LogP contribution in [0, 0.1) is 5.41 Å². The van der Waals surface area contributed by atoms with E-state index in [1.165, 1.54) is 11.1 Å². The van der Waals surface area contributed by atoms with Gasteiger partial charge in [-0.05, 0) is 57.7 Å². The predicted molar refractivity (Wildman–Crippen MR) is 95.0 cm³/mol. The molecule has 0 fully saturated rings. The van der Waals surface area contributed by atoms with Gasteiger partial charge in [-0.25, -0.2) is 0 Å². The molecule has 0 aliphatic heterocycles. The second kappa shape index (κ2) is 6.76. The molecule has 0 N–H and O–H groups in total. The third-order valence-electron chi connectivity index (χ3n) is 3.40. The van der Waals surface area contributed by atoms with E-state index in [1.54, 1.807) is 7.11 Å². The highest BCUT2D eigenvalue weighted by Gasteiger charge is 2.25. The van der Waals surface area contributed by atoms with E-state index in [4.69, 9.17) is 9.47 Å². The second-order valence-electron chi connectivity index (χ2n) is 8.21. The minimum absolute atomic E-state index is 0.148. The van der Waals surface area contributed by atoms with E-state index in [-0.39, 0.29) is 11.0 Å². The maximum atomic E-state index is 5.98. The van der Waals surface area contributed by atoms with Gasteiger partial charge in [0.15, 0.2) is 11.5 Å². The third-order valence-corrected chi connectivity index (χ3v) is 3.40. The molecule has 1 atom stereocenters. The first-order valence-electron chi connectivity index (χ1n) is 7.96. The lowest BCUT2D eigenvalue weighted by Gasteiger charge is -2.30. The molecule has 124 valence electrons. The van der Waals surface area contributed by atoms with Crippen LogP contribution in [0.4, 0.5) is 0 Å². The minimum Gasteiger partial charge on any atom is -0.493 e. The summed E-state index contributed by atoms with van der Waals surface area (Å²) in [5, 5.41) is 0. The van der Waals surface area contributed by atoms with Crippen LogP contribution >= 0.6 is 0 Å². The van der Waals surface area contributed by atoms with Gasteiger partial charge < -0.3 is 9.47 Å². The zero-order valence-corrected chi connectivity index (χ0v) is 15.7. The maximum absolute atomic E-state index is 5.98. The lowest BCUT2D eigenvalue weighted by atomic mass is 9.75. The molecule has 1 aromatic rings. The summed E-state index contributed by atoms with van der Waals surface area (Å²) >= 11 is 0. The summed E-state index contributed by atoms with van der Waals surface area (Å²) in [4.78, 5) is 0. The maximum Gasteiger partial charge on any atom is 0.161 e. The molecule has 2 nitrogen and oxygen atoms in total. The smallest absolute Gasteiger partial charge is 0.161 e. The summed E-state index contributed by atoms with van der Waals surface area (Å²) < 4.78 is 11.5. The Bertz CT molecular complexity index is 524. The van der Waals surface area contributed by atoms with Gasteiger partial charge in [-0.15, -0.1) is 0 Å². The molecule has 1 rings (SSSR count). The van der Waals surface area contributed by atoms with Gasteiger partial charge >= 0.3 is 0 Å². The fourth-order valence-corrected chi connectivity index (χ4v) is 2.47. The Kier molecular flexibility index (Phi) is 5.72. The molecular formula is C20H32O2. The number of hydrogen-bond acceptors (Lipinski definition) is 2. The van der Waals surface area contributed by atoms with Crippen LogP contribution in [-0.4, -0.2) is 12.7 Å². The number of methoxy groups -OCH3 is 1. The number of hydrogen-bond donors (Lipinski definition) is 0. The van der Waals surface area contributed by atoms with Crippen LogP contribution in [0.2, 0.25) is 0 Å². The molecule has 0 aliphatic carbocycles. The fraction of sp³-hybridized carbons (Fsp3) is 0.600. The van der Waals surface area contributed by atoms with Gasteiger partial charge in [-0.3, -0.25) is 0 Å². The van der Waals surface area contributed by atoms with Gasteiger partial charge in [-0.1, -0.05) is 38.5 Å². The van der Waals surface area contributed by atoms with Crippen molar-refractivity contribution in [3.8, 4) is 11.5 Å². The van der Waals surface area contributed by atoms with Crippen LogP contribution in [0.1, 0.15) is 66.9 Å². The average molecular weight is 304 g/mol. The van der Waals surface area contributed by atoms with E-state index < -0.39 is 0 Å². The van der Waals surface area contributed by atoms with Gasteiger partial charge in [0, 0.05) is 5.92 Å². The summed E-state index contributed by atoms with van der Waals surface area (Å²) in [5.74, 6) is 1.93. The molecule has 0 spiro atoms. The number of ether oxygens (including phenoxy) is 2. The SMILES string of the molecule is COc1cc(C(C=C(C)C)C(C)(C)C)ccc1OC(C)(C)C. The predicted octanol–water partition coefficient (Wildman–Crippen LogP) is 5.97. The van der Waals surface area contributed by atoms with E-state index in [9.17, 15) is 0 Å². The van der Waals surface area contributed by atoms with Gasteiger partial charge in [0.05, 0.1) is 7.11 Å². The first-order valence-corrected chi connectivity index (χ1v) is 7.96. The highest BCUT2D eigenvalue weighted by Crippen LogP contribution is 2.40. The molecular weight excluding hydrogens is 272 g/mol. The van der Waals surface area contributed by atoms with E-state index in [2.05, 4.69) is 52.8 Å². The van der Waals surface area contributed by atoms with Crippen LogP contribution < -0.4 is 9.47 Å². The van der Waals surface area contributed by atoms with Crippen molar-refractivity contribution in [2.24, 2.45) is 5.41 Å². The molecule has 0 saturated carbocycles. The standard InChI is InChI=1S/C20H32O2/c1-14(2)12-16(19(3,4)5)15-10-11-17(18(13-15)21-9)22-20(6,7)8/h10-13,16H,1-9H3. The van der Waals surface area contributed by atoms with Gasteiger partial charge in [-0.2, -0.15) is 0 Å². The molecule has 1 aromatic carbocycles. The molecule has 22 heavy (non-hydrogen) atoms. The first kappa shape index (κ1) is 18.6. The highest BCUT2D eigenvalue weighted by molar-refractivity contribution is 5.45. The van der Waals surface area contributed by atoms with E-state index >= 15 is 0 Å². The van der Waals surface area contributed by atoms with Crippen LogP contribution in [-0.2, 0) is 0 Å². The van der Waals surface area contributed by atoms with Crippen LogP contribution in [0.5, 0.6) is 11.5 Å². The van der Waals surface area contributed by atoms with Gasteiger partial charge in [0.2, 0.25) is 0 Å². The van der Waals surface area contributed by atoms with Crippen molar-refractivity contribution in [2.45, 2.75) is 66.9 Å². The quantitative estimate of drug-likeness (QED) is 0.638. The number of allylic oxidation sites excluding steroid dienone is 2. The molecule has 0 radical (unpaired) electrons. The van der Waals surface area contributed by atoms with Crippen molar-refractivity contribution >= 4 is 0 Å². The van der Waals surface area contributed by atoms with Crippen molar-refractivity contribution in [3.05, 3.63) is 35.4 Å². The van der Waals surface area contributed by atoms with Crippen LogP contribution in [0.25, 0.3) is 0 Å². The Morgan fingerprint density at radius 2 is 1.59 bits per heavy atom. The monoisotopic (exact) mass is 304 g/mol. The summed E-state index contributed by atoms with van der Waals surface area (Å²) in [6.45, 7) is 17.2. The van der Waals surface area contributed by atoms with E-state index in [0.29, 0.717) is 5.92 Å². The van der Waals surface area contributed by atoms with E-state index in [1.807, 2.05) is 26.8 Å². The summed E-state index contributed by atoms with van der Waals surface area (Å²) in [6, 6.07) is 6.28. The van der Waals surface area contributed by atoms with Crippen LogP contribution in [0.15, 0.2) is 29.8 Å². The van der Waals surface area contributed by atoms with Gasteiger partial charge in [0.1, 0.15) is 5.60 Å². The Morgan fingerprint density at radius 3 is 2.00 bits per heavy atom. The molecule has 0 amide bonds. The molecule has 0 saturated heterocycles. The molecule has 0 aromatic heterocycles. The molecule has 2 heteroatoms. The normalized spacial score (nSPS) is 13.5. The second-order valence-corrected chi connectivity index (χ2v) is 8.21. The third kappa shape index (κ3) is 5.40. The first-order chi connectivity index (χ1) is 9.94. The van der Waals surface area contributed by atoms with Gasteiger partial charge in [0.25, 0.3) is 0 Å². The summed E-state index contributed by atoms with van der Waals surface area (Å²) in [7, 11) is 1.70. The lowest BCUT2D eigenvalue weighted by Crippen LogP contribution is -2.23. The molecule has 0 bridgehead atoms. The summed E-state index contributed by atoms with van der Waals surface area (Å²) in [5.41, 5.74) is 2.49. The zero-order chi connectivity index (χ0) is 17.1. The Labute approximate surface area is 136 Å². The number of rotatable bonds is 4. The minimum atomic E-state index is -0.238. The lowest BCUT2D eigenvalue weighted by molar-refractivity contribution is 0.125. The Balaban J connectivity index is 3.28. The van der Waals surface area contributed by atoms with Crippen molar-refractivity contribution < 1.29 is 9.47 Å². The van der Waals surface area contributed by atoms with Crippen molar-refractivity contribution in [2.75, 3.05) is 7.11 Å². The largest absolute Gasteiger partial charge is 0.493 e. The average Bonchev–Trinajstić information content (AvgIpc) is 2.33. The Morgan fingerprint density at radius 1 is 1.00 bits per heavy atom. The van der Waals surface area contributed by atoms with Crippen molar-refractivity contribution in [1.29, 1.82) is 0 Å². The topological polar surface area (TPSA) is 18.5 Å². The zero-order valence-electron chi connectivity index (χ0n) is 15.7.